The predicted molar refractivity (Wildman–Crippen MR) is 93.7 cm³/mol. The van der Waals surface area contributed by atoms with Crippen molar-refractivity contribution in [2.24, 2.45) is 4.99 Å². The van der Waals surface area contributed by atoms with Crippen LogP contribution in [0.3, 0.4) is 0 Å². The van der Waals surface area contributed by atoms with Crippen LogP contribution in [0, 0.1) is 6.92 Å². The van der Waals surface area contributed by atoms with Crippen LogP contribution in [-0.2, 0) is 11.3 Å². The molecule has 2 aliphatic rings. The highest BCUT2D eigenvalue weighted by Crippen LogP contribution is 2.17. The van der Waals surface area contributed by atoms with E-state index < -0.39 is 0 Å². The fraction of sp³-hybridized carbons (Fsp3) is 0.611. The minimum absolute atomic E-state index is 0.635. The molecule has 0 aliphatic carbocycles. The topological polar surface area (TPSA) is 40.1 Å². The van der Waals surface area contributed by atoms with E-state index in [1.165, 1.54) is 17.5 Å². The lowest BCUT2D eigenvalue weighted by atomic mass is 10.1. The Balaban J connectivity index is 1.54. The van der Waals surface area contributed by atoms with Gasteiger partial charge in [0.2, 0.25) is 0 Å². The second kappa shape index (κ2) is 7.79. The van der Waals surface area contributed by atoms with Crippen LogP contribution < -0.4 is 5.32 Å². The molecule has 2 heterocycles. The Morgan fingerprint density at radius 2 is 2.04 bits per heavy atom. The standard InChI is InChI=1S/C18H28N4O/c1-15-5-3-4-6-16(15)13-20-18(19-2)22-8-7-17(14-22)21-9-11-23-12-10-21/h3-6,17H,7-14H2,1-2H3,(H,19,20). The molecule has 0 saturated carbocycles. The zero-order valence-electron chi connectivity index (χ0n) is 14.3. The quantitative estimate of drug-likeness (QED) is 0.677. The van der Waals surface area contributed by atoms with Gasteiger partial charge in [-0.05, 0) is 24.5 Å². The second-order valence-corrected chi connectivity index (χ2v) is 6.36. The maximum atomic E-state index is 5.46. The van der Waals surface area contributed by atoms with Gasteiger partial charge in [-0.15, -0.1) is 0 Å². The van der Waals surface area contributed by atoms with Crippen molar-refractivity contribution >= 4 is 5.96 Å². The average molecular weight is 316 g/mol. The van der Waals surface area contributed by atoms with Gasteiger partial charge in [-0.1, -0.05) is 24.3 Å². The van der Waals surface area contributed by atoms with Crippen molar-refractivity contribution in [1.82, 2.24) is 15.1 Å². The van der Waals surface area contributed by atoms with Crippen LogP contribution in [0.25, 0.3) is 0 Å². The second-order valence-electron chi connectivity index (χ2n) is 6.36. The summed E-state index contributed by atoms with van der Waals surface area (Å²) in [5.74, 6) is 1.02. The Labute approximate surface area is 139 Å². The summed E-state index contributed by atoms with van der Waals surface area (Å²) >= 11 is 0. The molecule has 1 unspecified atom stereocenters. The van der Waals surface area contributed by atoms with E-state index in [2.05, 4.69) is 51.3 Å². The van der Waals surface area contributed by atoms with Gasteiger partial charge in [-0.2, -0.15) is 0 Å². The third kappa shape index (κ3) is 4.03. The summed E-state index contributed by atoms with van der Waals surface area (Å²) in [5, 5.41) is 3.52. The summed E-state index contributed by atoms with van der Waals surface area (Å²) in [7, 11) is 1.88. The summed E-state index contributed by atoms with van der Waals surface area (Å²) in [6, 6.07) is 9.15. The highest BCUT2D eigenvalue weighted by atomic mass is 16.5. The van der Waals surface area contributed by atoms with Crippen molar-refractivity contribution in [2.75, 3.05) is 46.4 Å². The molecule has 3 rings (SSSR count). The van der Waals surface area contributed by atoms with Gasteiger partial charge in [-0.25, -0.2) is 0 Å². The summed E-state index contributed by atoms with van der Waals surface area (Å²) in [6.45, 7) is 9.00. The van der Waals surface area contributed by atoms with Crippen molar-refractivity contribution in [3.63, 3.8) is 0 Å². The molecular formula is C18H28N4O. The summed E-state index contributed by atoms with van der Waals surface area (Å²) in [5.41, 5.74) is 2.65. The molecule has 23 heavy (non-hydrogen) atoms. The van der Waals surface area contributed by atoms with Gasteiger partial charge in [0.25, 0.3) is 0 Å². The molecule has 5 nitrogen and oxygen atoms in total. The van der Waals surface area contributed by atoms with E-state index in [4.69, 9.17) is 4.74 Å². The predicted octanol–water partition coefficient (Wildman–Crippen LogP) is 1.48. The number of likely N-dealkylation sites (tertiary alicyclic amines) is 1. The highest BCUT2D eigenvalue weighted by Gasteiger charge is 2.30. The SMILES string of the molecule is CN=C(NCc1ccccc1C)N1CCC(N2CCOCC2)C1. The number of morpholine rings is 1. The lowest BCUT2D eigenvalue weighted by Gasteiger charge is -2.32. The van der Waals surface area contributed by atoms with E-state index in [0.717, 1.165) is 51.9 Å². The van der Waals surface area contributed by atoms with Crippen molar-refractivity contribution in [3.05, 3.63) is 35.4 Å². The van der Waals surface area contributed by atoms with Crippen LogP contribution in [0.4, 0.5) is 0 Å². The fourth-order valence-electron chi connectivity index (χ4n) is 3.49. The number of guanidine groups is 1. The maximum absolute atomic E-state index is 5.46. The Bertz CT molecular complexity index is 540. The lowest BCUT2D eigenvalue weighted by molar-refractivity contribution is 0.0195. The third-order valence-corrected chi connectivity index (χ3v) is 4.93. The minimum Gasteiger partial charge on any atom is -0.379 e. The largest absolute Gasteiger partial charge is 0.379 e. The van der Waals surface area contributed by atoms with Crippen LogP contribution in [-0.4, -0.2) is 68.2 Å². The molecule has 1 atom stereocenters. The fourth-order valence-corrected chi connectivity index (χ4v) is 3.49. The van der Waals surface area contributed by atoms with E-state index in [9.17, 15) is 0 Å². The van der Waals surface area contributed by atoms with Crippen molar-refractivity contribution in [3.8, 4) is 0 Å². The molecule has 5 heteroatoms. The number of nitrogens with zero attached hydrogens (tertiary/aromatic N) is 3. The monoisotopic (exact) mass is 316 g/mol. The maximum Gasteiger partial charge on any atom is 0.193 e. The molecule has 0 radical (unpaired) electrons. The highest BCUT2D eigenvalue weighted by molar-refractivity contribution is 5.80. The first-order valence-electron chi connectivity index (χ1n) is 8.60. The summed E-state index contributed by atoms with van der Waals surface area (Å²) < 4.78 is 5.46. The van der Waals surface area contributed by atoms with Gasteiger partial charge < -0.3 is 15.0 Å². The molecule has 1 aromatic carbocycles. The Hall–Kier alpha value is -1.59. The molecule has 2 aliphatic heterocycles. The van der Waals surface area contributed by atoms with Gasteiger partial charge in [0, 0.05) is 45.8 Å². The number of ether oxygens (including phenoxy) is 1. The van der Waals surface area contributed by atoms with E-state index >= 15 is 0 Å². The van der Waals surface area contributed by atoms with Gasteiger partial charge >= 0.3 is 0 Å². The van der Waals surface area contributed by atoms with Crippen molar-refractivity contribution in [1.29, 1.82) is 0 Å². The number of nitrogens with one attached hydrogen (secondary N) is 1. The lowest BCUT2D eigenvalue weighted by Crippen LogP contribution is -2.46. The number of aryl methyl sites for hydroxylation is 1. The minimum atomic E-state index is 0.635. The molecular weight excluding hydrogens is 288 g/mol. The van der Waals surface area contributed by atoms with E-state index in [0.29, 0.717) is 6.04 Å². The number of aliphatic imine (C=N–C) groups is 1. The van der Waals surface area contributed by atoms with Gasteiger partial charge in [0.15, 0.2) is 5.96 Å². The molecule has 1 N–H and O–H groups in total. The molecule has 0 aromatic heterocycles. The van der Waals surface area contributed by atoms with E-state index in [1.807, 2.05) is 7.05 Å². The van der Waals surface area contributed by atoms with Gasteiger partial charge in [-0.3, -0.25) is 9.89 Å². The zero-order chi connectivity index (χ0) is 16.1. The third-order valence-electron chi connectivity index (χ3n) is 4.93. The van der Waals surface area contributed by atoms with Crippen LogP contribution in [0.1, 0.15) is 17.5 Å². The van der Waals surface area contributed by atoms with Gasteiger partial charge in [0.1, 0.15) is 0 Å². The first kappa shape index (κ1) is 16.3. The van der Waals surface area contributed by atoms with Crippen LogP contribution >= 0.6 is 0 Å². The first-order chi connectivity index (χ1) is 11.3. The van der Waals surface area contributed by atoms with Crippen molar-refractivity contribution in [2.45, 2.75) is 25.9 Å². The summed E-state index contributed by atoms with van der Waals surface area (Å²) in [4.78, 5) is 9.44. The molecule has 126 valence electrons. The molecule has 0 bridgehead atoms. The Morgan fingerprint density at radius 1 is 1.26 bits per heavy atom. The molecule has 0 spiro atoms. The smallest absolute Gasteiger partial charge is 0.193 e. The molecule has 2 saturated heterocycles. The molecule has 2 fully saturated rings. The van der Waals surface area contributed by atoms with Crippen LogP contribution in [0.15, 0.2) is 29.3 Å². The Morgan fingerprint density at radius 3 is 2.78 bits per heavy atom. The summed E-state index contributed by atoms with van der Waals surface area (Å²) in [6.07, 6.45) is 1.21. The van der Waals surface area contributed by atoms with Crippen molar-refractivity contribution < 1.29 is 4.74 Å². The average Bonchev–Trinajstić information content (AvgIpc) is 3.08. The number of benzene rings is 1. The molecule has 1 aromatic rings. The Kier molecular flexibility index (Phi) is 5.51. The normalized spacial score (nSPS) is 23.3. The number of hydrogen-bond donors (Lipinski definition) is 1. The van der Waals surface area contributed by atoms with Crippen LogP contribution in [0.2, 0.25) is 0 Å². The van der Waals surface area contributed by atoms with E-state index in [-0.39, 0.29) is 0 Å². The first-order valence-corrected chi connectivity index (χ1v) is 8.60. The number of hydrogen-bond acceptors (Lipinski definition) is 3. The van der Waals surface area contributed by atoms with Gasteiger partial charge in [0.05, 0.1) is 13.2 Å². The van der Waals surface area contributed by atoms with E-state index in [1.54, 1.807) is 0 Å². The zero-order valence-corrected chi connectivity index (χ0v) is 14.3. The van der Waals surface area contributed by atoms with Crippen LogP contribution in [0.5, 0.6) is 0 Å². The molecule has 0 amide bonds. The number of rotatable bonds is 3.